The molecule has 0 radical (unpaired) electrons. The molecule has 1 aliphatic rings. The van der Waals surface area contributed by atoms with Crippen molar-refractivity contribution in [2.45, 2.75) is 39.7 Å². The number of ether oxygens (including phenoxy) is 2. The molecule has 1 aromatic heterocycles. The fraction of sp³-hybridized carbons (Fsp3) is 0.360. The first-order valence-corrected chi connectivity index (χ1v) is 11.9. The summed E-state index contributed by atoms with van der Waals surface area (Å²) in [5.74, 6) is -1.77. The number of anilines is 1. The molecule has 0 aliphatic heterocycles. The smallest absolute Gasteiger partial charge is 0.423 e. The van der Waals surface area contributed by atoms with Crippen LogP contribution in [0.2, 0.25) is 0 Å². The molecule has 13 nitrogen and oxygen atoms in total. The number of aromatic nitrogens is 1. The highest BCUT2D eigenvalue weighted by Gasteiger charge is 2.31. The summed E-state index contributed by atoms with van der Waals surface area (Å²) in [4.78, 5) is 58.0. The number of nitrogens with one attached hydrogen (secondary N) is 4. The van der Waals surface area contributed by atoms with E-state index in [1.807, 2.05) is 0 Å². The number of esters is 1. The van der Waals surface area contributed by atoms with Gasteiger partial charge in [0.15, 0.2) is 5.84 Å². The van der Waals surface area contributed by atoms with Crippen LogP contribution in [0.3, 0.4) is 0 Å². The molecule has 1 aromatic carbocycles. The average Bonchev–Trinajstić information content (AvgIpc) is 3.62. The molecule has 1 saturated carbocycles. The van der Waals surface area contributed by atoms with Crippen molar-refractivity contribution in [3.05, 3.63) is 52.3 Å². The van der Waals surface area contributed by atoms with Gasteiger partial charge in [0.2, 0.25) is 6.79 Å². The van der Waals surface area contributed by atoms with Crippen LogP contribution in [0.4, 0.5) is 10.5 Å². The normalized spacial score (nSPS) is 12.9. The van der Waals surface area contributed by atoms with Crippen LogP contribution in [0.15, 0.2) is 29.4 Å². The molecule has 5 N–H and O–H groups in total. The lowest BCUT2D eigenvalue weighted by Crippen LogP contribution is -2.40. The van der Waals surface area contributed by atoms with E-state index in [1.54, 1.807) is 32.9 Å². The van der Waals surface area contributed by atoms with Gasteiger partial charge in [0.05, 0.1) is 16.9 Å². The maximum Gasteiger partial charge on any atom is 0.423 e. The number of aliphatic hydroxyl groups excluding tert-OH is 1. The van der Waals surface area contributed by atoms with Crippen LogP contribution in [0, 0.1) is 19.3 Å². The zero-order valence-corrected chi connectivity index (χ0v) is 21.3. The second-order valence-corrected chi connectivity index (χ2v) is 8.43. The molecule has 3 rings (SSSR count). The number of aliphatic hydroxyl groups is 1. The van der Waals surface area contributed by atoms with Gasteiger partial charge in [0.25, 0.3) is 11.8 Å². The number of benzene rings is 1. The summed E-state index contributed by atoms with van der Waals surface area (Å²) in [7, 11) is 0. The minimum atomic E-state index is -1.05. The summed E-state index contributed by atoms with van der Waals surface area (Å²) in [6.45, 7) is 3.83. The Morgan fingerprint density at radius 3 is 2.58 bits per heavy atom. The Morgan fingerprint density at radius 2 is 1.95 bits per heavy atom. The van der Waals surface area contributed by atoms with Crippen LogP contribution in [0.1, 0.15) is 57.3 Å². The number of amidine groups is 1. The van der Waals surface area contributed by atoms with E-state index in [1.165, 1.54) is 12.3 Å². The number of carbonyl (C=O) groups excluding carboxylic acids is 4. The van der Waals surface area contributed by atoms with Crippen molar-refractivity contribution in [2.75, 3.05) is 24.8 Å². The molecule has 0 spiro atoms. The lowest BCUT2D eigenvalue weighted by atomic mass is 10.1. The molecule has 0 unspecified atom stereocenters. The summed E-state index contributed by atoms with van der Waals surface area (Å²) in [5, 5.41) is 22.1. The van der Waals surface area contributed by atoms with Crippen molar-refractivity contribution >= 4 is 41.7 Å². The van der Waals surface area contributed by atoms with E-state index in [9.17, 15) is 19.2 Å². The quantitative estimate of drug-likeness (QED) is 0.135. The van der Waals surface area contributed by atoms with E-state index in [2.05, 4.69) is 25.3 Å². The van der Waals surface area contributed by atoms with Gasteiger partial charge in [-0.25, -0.2) is 19.5 Å². The Labute approximate surface area is 218 Å². The molecule has 0 saturated heterocycles. The largest absolute Gasteiger partial charge is 0.426 e. The number of amides is 3. The summed E-state index contributed by atoms with van der Waals surface area (Å²) in [5.41, 5.74) is 2.04. The molecule has 0 bridgehead atoms. The molecule has 1 fully saturated rings. The number of carbonyl (C=O) groups is 4. The first-order valence-electron chi connectivity index (χ1n) is 11.9. The fourth-order valence-corrected chi connectivity index (χ4v) is 3.56. The SMILES string of the molecule is CCNC(=O)c1c[nH]c(C(=NC=N)N(C(=O)OCOC(=O)CO)c2cc(C(=O)NC3CC3)ccc2C)c1C. The van der Waals surface area contributed by atoms with Crippen molar-refractivity contribution < 1.29 is 33.8 Å². The van der Waals surface area contributed by atoms with Crippen LogP contribution in [0.5, 0.6) is 0 Å². The van der Waals surface area contributed by atoms with E-state index < -0.39 is 25.5 Å². The van der Waals surface area contributed by atoms with Gasteiger partial charge in [-0.1, -0.05) is 6.07 Å². The van der Waals surface area contributed by atoms with Crippen LogP contribution in [-0.2, 0) is 14.3 Å². The summed E-state index contributed by atoms with van der Waals surface area (Å²) < 4.78 is 9.78. The van der Waals surface area contributed by atoms with Gasteiger partial charge in [-0.2, -0.15) is 0 Å². The van der Waals surface area contributed by atoms with E-state index >= 15 is 0 Å². The van der Waals surface area contributed by atoms with Crippen molar-refractivity contribution in [3.63, 3.8) is 0 Å². The summed E-state index contributed by atoms with van der Waals surface area (Å²) in [6, 6.07) is 4.85. The van der Waals surface area contributed by atoms with E-state index in [4.69, 9.17) is 15.3 Å². The minimum Gasteiger partial charge on any atom is -0.426 e. The highest BCUT2D eigenvalue weighted by atomic mass is 16.7. The first kappa shape index (κ1) is 28.1. The molecule has 3 amide bonds. The lowest BCUT2D eigenvalue weighted by Gasteiger charge is -2.25. The number of aromatic amines is 1. The Bertz CT molecular complexity index is 1260. The van der Waals surface area contributed by atoms with Crippen LogP contribution in [0.25, 0.3) is 0 Å². The number of aliphatic imine (C=N–C) groups is 1. The molecule has 1 aliphatic carbocycles. The number of aryl methyl sites for hydroxylation is 1. The van der Waals surface area contributed by atoms with Crippen LogP contribution >= 0.6 is 0 Å². The van der Waals surface area contributed by atoms with Gasteiger partial charge < -0.3 is 30.2 Å². The van der Waals surface area contributed by atoms with E-state index in [0.29, 0.717) is 29.6 Å². The Morgan fingerprint density at radius 1 is 1.21 bits per heavy atom. The topological polar surface area (TPSA) is 186 Å². The maximum absolute atomic E-state index is 13.4. The van der Waals surface area contributed by atoms with Crippen LogP contribution < -0.4 is 15.5 Å². The van der Waals surface area contributed by atoms with Gasteiger partial charge in [0.1, 0.15) is 12.9 Å². The first-order chi connectivity index (χ1) is 18.2. The molecule has 1 heterocycles. The van der Waals surface area contributed by atoms with E-state index in [0.717, 1.165) is 17.7 Å². The number of hydrogen-bond donors (Lipinski definition) is 5. The van der Waals surface area contributed by atoms with Crippen molar-refractivity contribution in [1.82, 2.24) is 15.6 Å². The van der Waals surface area contributed by atoms with Crippen molar-refractivity contribution in [1.29, 1.82) is 5.41 Å². The maximum atomic E-state index is 13.4. The Kier molecular flexibility index (Phi) is 9.33. The van der Waals surface area contributed by atoms with Crippen molar-refractivity contribution in [3.8, 4) is 0 Å². The summed E-state index contributed by atoms with van der Waals surface area (Å²) in [6.07, 6.45) is 2.91. The van der Waals surface area contributed by atoms with Crippen molar-refractivity contribution in [2.24, 2.45) is 4.99 Å². The number of rotatable bonds is 10. The van der Waals surface area contributed by atoms with Gasteiger partial charge >= 0.3 is 12.1 Å². The average molecular weight is 527 g/mol. The lowest BCUT2D eigenvalue weighted by molar-refractivity contribution is -0.154. The predicted molar refractivity (Wildman–Crippen MR) is 138 cm³/mol. The number of H-pyrrole nitrogens is 1. The molecule has 38 heavy (non-hydrogen) atoms. The highest BCUT2D eigenvalue weighted by molar-refractivity contribution is 6.24. The highest BCUT2D eigenvalue weighted by Crippen LogP contribution is 2.27. The second kappa shape index (κ2) is 12.6. The third-order valence-corrected chi connectivity index (χ3v) is 5.68. The molecule has 202 valence electrons. The third kappa shape index (κ3) is 6.62. The monoisotopic (exact) mass is 526 g/mol. The minimum absolute atomic E-state index is 0.102. The van der Waals surface area contributed by atoms with Gasteiger partial charge in [-0.3, -0.25) is 15.0 Å². The molecule has 13 heteroatoms. The molecular weight excluding hydrogens is 496 g/mol. The zero-order chi connectivity index (χ0) is 27.8. The standard InChI is InChI=1S/C25H30N6O7/c1-4-27-24(35)18-10-28-21(15(18)3)22(29-12-26)31(25(36)38-13-37-20(33)11-32)19-9-16(6-5-14(19)2)23(34)30-17-7-8-17/h5-6,9-10,12,17,26,28,32H,4,7-8,11,13H2,1-3H3,(H,27,35)(H,30,34). The fourth-order valence-electron chi connectivity index (χ4n) is 3.56. The van der Waals surface area contributed by atoms with Gasteiger partial charge in [-0.15, -0.1) is 0 Å². The van der Waals surface area contributed by atoms with Gasteiger partial charge in [0, 0.05) is 24.3 Å². The predicted octanol–water partition coefficient (Wildman–Crippen LogP) is 1.76. The Balaban J connectivity index is 2.08. The molecule has 2 aromatic rings. The molecular formula is C25H30N6O7. The van der Waals surface area contributed by atoms with Gasteiger partial charge in [-0.05, 0) is 56.9 Å². The Hall–Kier alpha value is -4.52. The number of nitrogens with zero attached hydrogens (tertiary/aromatic N) is 2. The molecule has 0 atom stereocenters. The zero-order valence-electron chi connectivity index (χ0n) is 21.3. The van der Waals surface area contributed by atoms with Crippen LogP contribution in [-0.4, -0.2) is 72.1 Å². The van der Waals surface area contributed by atoms with E-state index in [-0.39, 0.29) is 40.6 Å². The second-order valence-electron chi connectivity index (χ2n) is 8.43. The number of hydrogen-bond acceptors (Lipinski definition) is 8. The third-order valence-electron chi connectivity index (χ3n) is 5.68. The summed E-state index contributed by atoms with van der Waals surface area (Å²) >= 11 is 0.